The number of nitro groups is 1. The van der Waals surface area contributed by atoms with Gasteiger partial charge in [-0.3, -0.25) is 14.9 Å². The molecule has 0 radical (unpaired) electrons. The molecule has 0 aliphatic carbocycles. The predicted octanol–water partition coefficient (Wildman–Crippen LogP) is 0.700. The second-order valence-electron chi connectivity index (χ2n) is 4.73. The summed E-state index contributed by atoms with van der Waals surface area (Å²) in [7, 11) is 0. The highest BCUT2D eigenvalue weighted by Gasteiger charge is 2.19. The molecule has 1 aliphatic heterocycles. The number of hydrazine groups is 1. The van der Waals surface area contributed by atoms with Crippen LogP contribution in [0.25, 0.3) is 0 Å². The van der Waals surface area contributed by atoms with E-state index in [4.69, 9.17) is 5.84 Å². The van der Waals surface area contributed by atoms with E-state index in [1.807, 2.05) is 0 Å². The van der Waals surface area contributed by atoms with E-state index in [1.54, 1.807) is 4.90 Å². The molecule has 9 heteroatoms. The van der Waals surface area contributed by atoms with Gasteiger partial charge in [-0.25, -0.2) is 10.8 Å². The van der Waals surface area contributed by atoms with Crippen molar-refractivity contribution in [3.05, 3.63) is 22.2 Å². The minimum atomic E-state index is -0.530. The summed E-state index contributed by atoms with van der Waals surface area (Å²) in [4.78, 5) is 28.1. The lowest BCUT2D eigenvalue weighted by Crippen LogP contribution is -2.29. The lowest BCUT2D eigenvalue weighted by Gasteiger charge is -2.15. The topological polar surface area (TPSA) is 126 Å². The molecule has 21 heavy (non-hydrogen) atoms. The van der Waals surface area contributed by atoms with Crippen molar-refractivity contribution in [2.45, 2.75) is 19.3 Å². The van der Waals surface area contributed by atoms with Gasteiger partial charge in [-0.15, -0.1) is 0 Å². The Hall–Kier alpha value is -2.42. The Labute approximate surface area is 121 Å². The van der Waals surface area contributed by atoms with Gasteiger partial charge in [0.15, 0.2) is 0 Å². The van der Waals surface area contributed by atoms with Gasteiger partial charge in [0.05, 0.1) is 4.92 Å². The van der Waals surface area contributed by atoms with Crippen molar-refractivity contribution < 1.29 is 9.72 Å². The first kappa shape index (κ1) is 15.0. The lowest BCUT2D eigenvalue weighted by atomic mass is 10.3. The molecular formula is C12H18N6O3. The SMILES string of the molecule is NNc1ccc([N+](=O)[O-])c(NCCC(=O)N2CCCC2)n1. The van der Waals surface area contributed by atoms with Crippen molar-refractivity contribution in [1.29, 1.82) is 0 Å². The van der Waals surface area contributed by atoms with Crippen molar-refractivity contribution in [2.24, 2.45) is 5.84 Å². The van der Waals surface area contributed by atoms with Crippen LogP contribution in [0.1, 0.15) is 19.3 Å². The number of rotatable bonds is 6. The second kappa shape index (κ2) is 6.84. The average Bonchev–Trinajstić information content (AvgIpc) is 3.01. The Morgan fingerprint density at radius 1 is 1.43 bits per heavy atom. The van der Waals surface area contributed by atoms with Crippen LogP contribution in [-0.4, -0.2) is 40.3 Å². The number of pyridine rings is 1. The number of hydrogen-bond acceptors (Lipinski definition) is 7. The molecule has 2 rings (SSSR count). The average molecular weight is 294 g/mol. The van der Waals surface area contributed by atoms with E-state index in [2.05, 4.69) is 15.7 Å². The highest BCUT2D eigenvalue weighted by atomic mass is 16.6. The van der Waals surface area contributed by atoms with Crippen LogP contribution in [-0.2, 0) is 4.79 Å². The summed E-state index contributed by atoms with van der Waals surface area (Å²) in [5, 5.41) is 13.8. The van der Waals surface area contributed by atoms with Gasteiger partial charge < -0.3 is 15.6 Å². The highest BCUT2D eigenvalue weighted by molar-refractivity contribution is 5.77. The molecule has 0 bridgehead atoms. The molecule has 1 fully saturated rings. The number of carbonyl (C=O) groups is 1. The van der Waals surface area contributed by atoms with Gasteiger partial charge >= 0.3 is 5.69 Å². The molecule has 2 heterocycles. The Morgan fingerprint density at radius 2 is 2.14 bits per heavy atom. The molecule has 0 atom stereocenters. The van der Waals surface area contributed by atoms with Crippen LogP contribution in [0, 0.1) is 10.1 Å². The van der Waals surface area contributed by atoms with Crippen LogP contribution in [0.15, 0.2) is 12.1 Å². The first-order valence-electron chi connectivity index (χ1n) is 6.75. The first-order valence-corrected chi connectivity index (χ1v) is 6.75. The summed E-state index contributed by atoms with van der Waals surface area (Å²) in [6.45, 7) is 1.88. The Kier molecular flexibility index (Phi) is 4.88. The van der Waals surface area contributed by atoms with Crippen molar-refractivity contribution in [2.75, 3.05) is 30.4 Å². The molecule has 1 aromatic rings. The van der Waals surface area contributed by atoms with Gasteiger partial charge in [-0.1, -0.05) is 0 Å². The molecule has 1 saturated heterocycles. The molecule has 1 aliphatic rings. The fourth-order valence-electron chi connectivity index (χ4n) is 2.22. The van der Waals surface area contributed by atoms with Crippen LogP contribution in [0.2, 0.25) is 0 Å². The fraction of sp³-hybridized carbons (Fsp3) is 0.500. The van der Waals surface area contributed by atoms with E-state index >= 15 is 0 Å². The Morgan fingerprint density at radius 3 is 2.76 bits per heavy atom. The molecule has 0 unspecified atom stereocenters. The summed E-state index contributed by atoms with van der Waals surface area (Å²) < 4.78 is 0. The van der Waals surface area contributed by atoms with Crippen molar-refractivity contribution in [3.8, 4) is 0 Å². The molecule has 1 amide bonds. The summed E-state index contributed by atoms with van der Waals surface area (Å²) in [6.07, 6.45) is 2.35. The molecule has 4 N–H and O–H groups in total. The van der Waals surface area contributed by atoms with Crippen LogP contribution < -0.4 is 16.6 Å². The zero-order chi connectivity index (χ0) is 15.2. The van der Waals surface area contributed by atoms with Gasteiger partial charge in [-0.05, 0) is 18.9 Å². The maximum Gasteiger partial charge on any atom is 0.311 e. The number of nitrogens with zero attached hydrogens (tertiary/aromatic N) is 3. The first-order chi connectivity index (χ1) is 10.1. The van der Waals surface area contributed by atoms with E-state index in [0.29, 0.717) is 5.82 Å². The number of aromatic nitrogens is 1. The third kappa shape index (κ3) is 3.78. The molecule has 0 saturated carbocycles. The zero-order valence-electron chi connectivity index (χ0n) is 11.5. The molecule has 1 aromatic heterocycles. The van der Waals surface area contributed by atoms with E-state index in [1.165, 1.54) is 12.1 Å². The van der Waals surface area contributed by atoms with E-state index < -0.39 is 4.92 Å². The van der Waals surface area contributed by atoms with E-state index in [9.17, 15) is 14.9 Å². The number of hydrogen-bond donors (Lipinski definition) is 3. The van der Waals surface area contributed by atoms with Gasteiger partial charge in [0.25, 0.3) is 0 Å². The van der Waals surface area contributed by atoms with Gasteiger partial charge in [0.2, 0.25) is 11.7 Å². The van der Waals surface area contributed by atoms with Gasteiger partial charge in [0, 0.05) is 32.1 Å². The summed E-state index contributed by atoms with van der Waals surface area (Å²) >= 11 is 0. The van der Waals surface area contributed by atoms with Crippen LogP contribution >= 0.6 is 0 Å². The maximum atomic E-state index is 11.9. The number of amides is 1. The third-order valence-electron chi connectivity index (χ3n) is 3.31. The number of likely N-dealkylation sites (tertiary alicyclic amines) is 1. The van der Waals surface area contributed by atoms with Crippen molar-refractivity contribution in [3.63, 3.8) is 0 Å². The summed E-state index contributed by atoms with van der Waals surface area (Å²) in [5.74, 6) is 5.70. The normalized spacial score (nSPS) is 14.0. The number of nitrogens with two attached hydrogens (primary N) is 1. The molecule has 0 spiro atoms. The summed E-state index contributed by atoms with van der Waals surface area (Å²) in [5.41, 5.74) is 2.18. The number of anilines is 2. The Bertz CT molecular complexity index is 530. The molecule has 9 nitrogen and oxygen atoms in total. The van der Waals surface area contributed by atoms with Crippen molar-refractivity contribution in [1.82, 2.24) is 9.88 Å². The monoisotopic (exact) mass is 294 g/mol. The van der Waals surface area contributed by atoms with Crippen LogP contribution in [0.3, 0.4) is 0 Å². The standard InChI is InChI=1S/C12H18N6O3/c13-16-10-4-3-9(18(20)21)12(15-10)14-6-5-11(19)17-7-1-2-8-17/h3-4H,1-2,5-8,13H2,(H2,14,15,16). The largest absolute Gasteiger partial charge is 0.364 e. The number of carbonyl (C=O) groups excluding carboxylic acids is 1. The number of nitrogen functional groups attached to an aromatic ring is 1. The Balaban J connectivity index is 1.95. The molecule has 0 aromatic carbocycles. The smallest absolute Gasteiger partial charge is 0.311 e. The highest BCUT2D eigenvalue weighted by Crippen LogP contribution is 2.23. The van der Waals surface area contributed by atoms with E-state index in [-0.39, 0.29) is 30.4 Å². The maximum absolute atomic E-state index is 11.9. The number of nitrogens with one attached hydrogen (secondary N) is 2. The predicted molar refractivity (Wildman–Crippen MR) is 77.6 cm³/mol. The van der Waals surface area contributed by atoms with Crippen LogP contribution in [0.4, 0.5) is 17.3 Å². The second-order valence-corrected chi connectivity index (χ2v) is 4.73. The molecular weight excluding hydrogens is 276 g/mol. The fourth-order valence-corrected chi connectivity index (χ4v) is 2.22. The lowest BCUT2D eigenvalue weighted by molar-refractivity contribution is -0.384. The zero-order valence-corrected chi connectivity index (χ0v) is 11.5. The van der Waals surface area contributed by atoms with Crippen molar-refractivity contribution >= 4 is 23.2 Å². The minimum absolute atomic E-state index is 0.0516. The van der Waals surface area contributed by atoms with E-state index in [0.717, 1.165) is 25.9 Å². The quantitative estimate of drug-likeness (QED) is 0.400. The van der Waals surface area contributed by atoms with Gasteiger partial charge in [0.1, 0.15) is 5.82 Å². The minimum Gasteiger partial charge on any atom is -0.364 e. The summed E-state index contributed by atoms with van der Waals surface area (Å²) in [6, 6.07) is 2.73. The van der Waals surface area contributed by atoms with Gasteiger partial charge in [-0.2, -0.15) is 0 Å². The molecule has 114 valence electrons. The third-order valence-corrected chi connectivity index (χ3v) is 3.31. The van der Waals surface area contributed by atoms with Crippen LogP contribution in [0.5, 0.6) is 0 Å².